The van der Waals surface area contributed by atoms with Gasteiger partial charge in [-0.15, -0.1) is 11.8 Å². The quantitative estimate of drug-likeness (QED) is 0.729. The zero-order valence-electron chi connectivity index (χ0n) is 7.33. The number of thioether (sulfide) groups is 1. The van der Waals surface area contributed by atoms with Gasteiger partial charge in [-0.1, -0.05) is 12.1 Å². The van der Waals surface area contributed by atoms with E-state index in [4.69, 9.17) is 5.73 Å². The van der Waals surface area contributed by atoms with Crippen molar-refractivity contribution < 1.29 is 9.50 Å². The fourth-order valence-corrected chi connectivity index (χ4v) is 1.83. The summed E-state index contributed by atoms with van der Waals surface area (Å²) in [6.45, 7) is 0.108. The van der Waals surface area contributed by atoms with Crippen molar-refractivity contribution in [2.45, 2.75) is 11.0 Å². The first-order valence-corrected chi connectivity index (χ1v) is 5.13. The number of benzene rings is 1. The molecular weight excluding hydrogens is 189 g/mol. The van der Waals surface area contributed by atoms with Crippen molar-refractivity contribution in [3.63, 3.8) is 0 Å². The van der Waals surface area contributed by atoms with Crippen LogP contribution in [0.2, 0.25) is 0 Å². The van der Waals surface area contributed by atoms with Gasteiger partial charge in [0.05, 0.1) is 6.10 Å². The van der Waals surface area contributed by atoms with Crippen LogP contribution in [0.3, 0.4) is 0 Å². The van der Waals surface area contributed by atoms with Crippen LogP contribution < -0.4 is 5.73 Å². The molecule has 3 N–H and O–H groups in total. The van der Waals surface area contributed by atoms with E-state index >= 15 is 0 Å². The second-order valence-corrected chi connectivity index (χ2v) is 3.43. The predicted octanol–water partition coefficient (Wildman–Crippen LogP) is 1.54. The minimum absolute atomic E-state index is 0.108. The van der Waals surface area contributed by atoms with Gasteiger partial charge in [0.1, 0.15) is 5.82 Å². The average Bonchev–Trinajstić information content (AvgIpc) is 2.16. The summed E-state index contributed by atoms with van der Waals surface area (Å²) in [5.74, 6) is -0.308. The van der Waals surface area contributed by atoms with Crippen molar-refractivity contribution in [3.8, 4) is 0 Å². The van der Waals surface area contributed by atoms with Crippen molar-refractivity contribution in [3.05, 3.63) is 29.6 Å². The highest BCUT2D eigenvalue weighted by molar-refractivity contribution is 7.98. The summed E-state index contributed by atoms with van der Waals surface area (Å²) in [4.78, 5) is 0.473. The first kappa shape index (κ1) is 10.5. The van der Waals surface area contributed by atoms with Gasteiger partial charge >= 0.3 is 0 Å². The summed E-state index contributed by atoms with van der Waals surface area (Å²) in [5.41, 5.74) is 5.86. The molecule has 1 atom stereocenters. The lowest BCUT2D eigenvalue weighted by molar-refractivity contribution is 0.183. The Morgan fingerprint density at radius 1 is 1.62 bits per heavy atom. The Morgan fingerprint density at radius 2 is 2.31 bits per heavy atom. The maximum atomic E-state index is 13.2. The summed E-state index contributed by atoms with van der Waals surface area (Å²) in [7, 11) is 0. The Hall–Kier alpha value is -0.580. The number of hydrogen-bond acceptors (Lipinski definition) is 3. The molecule has 72 valence electrons. The van der Waals surface area contributed by atoms with E-state index in [-0.39, 0.29) is 12.4 Å². The Morgan fingerprint density at radius 3 is 2.85 bits per heavy atom. The predicted molar refractivity (Wildman–Crippen MR) is 52.2 cm³/mol. The maximum absolute atomic E-state index is 13.2. The summed E-state index contributed by atoms with van der Waals surface area (Å²) in [6.07, 6.45) is 0.990. The van der Waals surface area contributed by atoms with Crippen molar-refractivity contribution >= 4 is 11.8 Å². The van der Waals surface area contributed by atoms with Gasteiger partial charge in [0.15, 0.2) is 0 Å². The minimum atomic E-state index is -0.779. The second-order valence-electron chi connectivity index (χ2n) is 2.61. The molecule has 1 aromatic carbocycles. The molecule has 1 rings (SSSR count). The lowest BCUT2D eigenvalue weighted by atomic mass is 10.1. The van der Waals surface area contributed by atoms with Gasteiger partial charge in [0.2, 0.25) is 0 Å². The fourth-order valence-electron chi connectivity index (χ4n) is 1.13. The molecule has 0 radical (unpaired) electrons. The topological polar surface area (TPSA) is 46.2 Å². The highest BCUT2D eigenvalue weighted by Crippen LogP contribution is 2.27. The molecule has 1 aromatic rings. The van der Waals surface area contributed by atoms with Crippen LogP contribution in [-0.2, 0) is 0 Å². The fraction of sp³-hybridized carbons (Fsp3) is 0.333. The summed E-state index contributed by atoms with van der Waals surface area (Å²) in [6, 6.07) is 4.63. The van der Waals surface area contributed by atoms with Gasteiger partial charge in [-0.3, -0.25) is 0 Å². The van der Waals surface area contributed by atoms with Crippen LogP contribution in [0.1, 0.15) is 11.7 Å². The molecule has 0 bridgehead atoms. The van der Waals surface area contributed by atoms with Gasteiger partial charge in [-0.25, -0.2) is 4.39 Å². The molecule has 0 aromatic heterocycles. The third kappa shape index (κ3) is 2.21. The number of rotatable bonds is 3. The van der Waals surface area contributed by atoms with Crippen molar-refractivity contribution in [2.75, 3.05) is 12.8 Å². The monoisotopic (exact) mass is 201 g/mol. The molecule has 4 heteroatoms. The van der Waals surface area contributed by atoms with Crippen LogP contribution in [0.5, 0.6) is 0 Å². The molecule has 0 amide bonds. The summed E-state index contributed by atoms with van der Waals surface area (Å²) >= 11 is 1.28. The smallest absolute Gasteiger partial charge is 0.137 e. The number of halogens is 1. The van der Waals surface area contributed by atoms with Gasteiger partial charge in [0.25, 0.3) is 0 Å². The zero-order chi connectivity index (χ0) is 9.84. The van der Waals surface area contributed by atoms with Crippen molar-refractivity contribution in [1.82, 2.24) is 0 Å². The Bertz CT molecular complexity index is 293. The largest absolute Gasteiger partial charge is 0.387 e. The molecule has 0 saturated heterocycles. The number of nitrogens with two attached hydrogens (primary N) is 1. The van der Waals surface area contributed by atoms with E-state index in [1.807, 2.05) is 0 Å². The summed E-state index contributed by atoms with van der Waals surface area (Å²) in [5, 5.41) is 9.46. The number of hydrogen-bond donors (Lipinski definition) is 2. The maximum Gasteiger partial charge on any atom is 0.137 e. The lowest BCUT2D eigenvalue weighted by Crippen LogP contribution is -2.12. The van der Waals surface area contributed by atoms with Crippen molar-refractivity contribution in [2.24, 2.45) is 5.73 Å². The molecule has 0 aliphatic rings. The number of aliphatic hydroxyl groups is 1. The van der Waals surface area contributed by atoms with Gasteiger partial charge in [-0.2, -0.15) is 0 Å². The van der Waals surface area contributed by atoms with E-state index in [9.17, 15) is 9.50 Å². The number of aliphatic hydroxyl groups excluding tert-OH is 1. The average molecular weight is 201 g/mol. The zero-order valence-corrected chi connectivity index (χ0v) is 8.14. The van der Waals surface area contributed by atoms with Gasteiger partial charge in [0, 0.05) is 11.4 Å². The van der Waals surface area contributed by atoms with E-state index < -0.39 is 6.10 Å². The SMILES string of the molecule is CSc1c(F)cccc1C(O)CN. The van der Waals surface area contributed by atoms with E-state index in [2.05, 4.69) is 0 Å². The van der Waals surface area contributed by atoms with Crippen LogP contribution in [0.15, 0.2) is 23.1 Å². The Kier molecular flexibility index (Phi) is 3.71. The van der Waals surface area contributed by atoms with E-state index in [0.717, 1.165) is 0 Å². The van der Waals surface area contributed by atoms with E-state index in [1.54, 1.807) is 18.4 Å². The Balaban J connectivity index is 3.12. The van der Waals surface area contributed by atoms with Crippen LogP contribution in [0, 0.1) is 5.82 Å². The standard InChI is InChI=1S/C9H12FNOS/c1-13-9-6(8(12)5-11)3-2-4-7(9)10/h2-4,8,12H,5,11H2,1H3. The third-order valence-corrected chi connectivity index (χ3v) is 2.62. The molecule has 1 unspecified atom stereocenters. The van der Waals surface area contributed by atoms with Crippen LogP contribution in [0.4, 0.5) is 4.39 Å². The highest BCUT2D eigenvalue weighted by atomic mass is 32.2. The Labute approximate surface area is 80.9 Å². The third-order valence-electron chi connectivity index (χ3n) is 1.78. The second kappa shape index (κ2) is 4.60. The van der Waals surface area contributed by atoms with Crippen molar-refractivity contribution in [1.29, 1.82) is 0 Å². The first-order valence-electron chi connectivity index (χ1n) is 3.91. The molecule has 0 heterocycles. The molecule has 0 fully saturated rings. The molecule has 0 aliphatic carbocycles. The van der Waals surface area contributed by atoms with E-state index in [0.29, 0.717) is 10.5 Å². The molecule has 0 spiro atoms. The molecule has 2 nitrogen and oxygen atoms in total. The van der Waals surface area contributed by atoms with Crippen LogP contribution in [0.25, 0.3) is 0 Å². The highest BCUT2D eigenvalue weighted by Gasteiger charge is 2.13. The molecular formula is C9H12FNOS. The van der Waals surface area contributed by atoms with Gasteiger partial charge < -0.3 is 10.8 Å². The summed E-state index contributed by atoms with van der Waals surface area (Å²) < 4.78 is 13.2. The van der Waals surface area contributed by atoms with Crippen LogP contribution in [-0.4, -0.2) is 17.9 Å². The molecule has 0 saturated carbocycles. The normalized spacial score (nSPS) is 12.9. The molecule has 0 aliphatic heterocycles. The lowest BCUT2D eigenvalue weighted by Gasteiger charge is -2.12. The van der Waals surface area contributed by atoms with Gasteiger partial charge in [-0.05, 0) is 17.9 Å². The first-order chi connectivity index (χ1) is 6.20. The molecule has 13 heavy (non-hydrogen) atoms. The van der Waals surface area contributed by atoms with E-state index in [1.165, 1.54) is 17.8 Å². The minimum Gasteiger partial charge on any atom is -0.387 e. The van der Waals surface area contributed by atoms with Crippen LogP contribution >= 0.6 is 11.8 Å².